The first kappa shape index (κ1) is 18.3. The Hall–Kier alpha value is -2.51. The number of aromatic nitrogens is 2. The molecular formula is C19H23N3O4. The lowest BCUT2D eigenvalue weighted by molar-refractivity contribution is -0.0332. The van der Waals surface area contributed by atoms with Gasteiger partial charge in [0, 0.05) is 44.0 Å². The number of morpholine rings is 1. The van der Waals surface area contributed by atoms with Gasteiger partial charge in [-0.25, -0.2) is 0 Å². The Labute approximate surface area is 152 Å². The van der Waals surface area contributed by atoms with Crippen molar-refractivity contribution in [2.24, 2.45) is 0 Å². The minimum atomic E-state index is 0.0167. The number of methoxy groups -OCH3 is 2. The molecule has 1 aliphatic heterocycles. The molecule has 0 radical (unpaired) electrons. The van der Waals surface area contributed by atoms with Crippen molar-refractivity contribution in [1.29, 1.82) is 0 Å². The van der Waals surface area contributed by atoms with Gasteiger partial charge in [-0.05, 0) is 24.6 Å². The lowest BCUT2D eigenvalue weighted by atomic mass is 10.1. The second kappa shape index (κ2) is 8.73. The van der Waals surface area contributed by atoms with Gasteiger partial charge in [0.15, 0.2) is 0 Å². The van der Waals surface area contributed by atoms with E-state index >= 15 is 0 Å². The first-order chi connectivity index (χ1) is 12.7. The molecule has 0 N–H and O–H groups in total. The van der Waals surface area contributed by atoms with Crippen LogP contribution in [0.25, 0.3) is 11.3 Å². The molecule has 1 fully saturated rings. The Bertz CT molecular complexity index is 719. The zero-order valence-corrected chi connectivity index (χ0v) is 15.1. The maximum absolute atomic E-state index is 12.7. The molecule has 1 atom stereocenters. The third-order valence-electron chi connectivity index (χ3n) is 4.35. The van der Waals surface area contributed by atoms with Crippen LogP contribution in [0.4, 0.5) is 0 Å². The van der Waals surface area contributed by atoms with E-state index in [-0.39, 0.29) is 12.0 Å². The van der Waals surface area contributed by atoms with Gasteiger partial charge in [-0.15, -0.1) is 10.2 Å². The van der Waals surface area contributed by atoms with Crippen LogP contribution in [0, 0.1) is 0 Å². The van der Waals surface area contributed by atoms with Crippen LogP contribution in [0.3, 0.4) is 0 Å². The van der Waals surface area contributed by atoms with E-state index in [0.29, 0.717) is 37.7 Å². The maximum Gasteiger partial charge on any atom is 0.254 e. The zero-order valence-electron chi connectivity index (χ0n) is 15.1. The second-order valence-electron chi connectivity index (χ2n) is 6.06. The first-order valence-corrected chi connectivity index (χ1v) is 8.59. The monoisotopic (exact) mass is 357 g/mol. The van der Waals surface area contributed by atoms with Gasteiger partial charge < -0.3 is 19.1 Å². The predicted molar refractivity (Wildman–Crippen MR) is 96.2 cm³/mol. The fourth-order valence-corrected chi connectivity index (χ4v) is 2.88. The topological polar surface area (TPSA) is 73.8 Å². The van der Waals surface area contributed by atoms with Crippen LogP contribution in [0.5, 0.6) is 5.88 Å². The smallest absolute Gasteiger partial charge is 0.254 e. The summed E-state index contributed by atoms with van der Waals surface area (Å²) in [6, 6.07) is 11.0. The van der Waals surface area contributed by atoms with E-state index in [2.05, 4.69) is 10.2 Å². The van der Waals surface area contributed by atoms with Gasteiger partial charge >= 0.3 is 0 Å². The summed E-state index contributed by atoms with van der Waals surface area (Å²) in [5, 5.41) is 8.09. The molecule has 26 heavy (non-hydrogen) atoms. The summed E-state index contributed by atoms with van der Waals surface area (Å²) >= 11 is 0. The number of ether oxygens (including phenoxy) is 3. The molecule has 0 bridgehead atoms. The highest BCUT2D eigenvalue weighted by Gasteiger charge is 2.24. The van der Waals surface area contributed by atoms with Gasteiger partial charge in [0.05, 0.1) is 25.5 Å². The highest BCUT2D eigenvalue weighted by molar-refractivity contribution is 5.94. The fourth-order valence-electron chi connectivity index (χ4n) is 2.88. The van der Waals surface area contributed by atoms with Crippen molar-refractivity contribution in [1.82, 2.24) is 15.1 Å². The number of nitrogens with zero attached hydrogens (tertiary/aromatic N) is 3. The van der Waals surface area contributed by atoms with Crippen molar-refractivity contribution >= 4 is 5.91 Å². The van der Waals surface area contributed by atoms with Crippen molar-refractivity contribution in [3.05, 3.63) is 42.0 Å². The predicted octanol–water partition coefficient (Wildman–Crippen LogP) is 2.03. The normalized spacial score (nSPS) is 17.2. The summed E-state index contributed by atoms with van der Waals surface area (Å²) in [5.41, 5.74) is 2.29. The number of amides is 1. The number of rotatable bonds is 6. The van der Waals surface area contributed by atoms with Crippen molar-refractivity contribution < 1.29 is 19.0 Å². The van der Waals surface area contributed by atoms with E-state index in [1.165, 1.54) is 0 Å². The van der Waals surface area contributed by atoms with E-state index in [0.717, 1.165) is 17.7 Å². The average molecular weight is 357 g/mol. The Balaban J connectivity index is 1.66. The summed E-state index contributed by atoms with van der Waals surface area (Å²) < 4.78 is 15.8. The summed E-state index contributed by atoms with van der Waals surface area (Å²) in [7, 11) is 3.22. The Morgan fingerprint density at radius 1 is 1.19 bits per heavy atom. The summed E-state index contributed by atoms with van der Waals surface area (Å²) in [6.45, 7) is 2.38. The van der Waals surface area contributed by atoms with E-state index in [4.69, 9.17) is 14.2 Å². The highest BCUT2D eigenvalue weighted by atomic mass is 16.5. The Morgan fingerprint density at radius 2 is 2.00 bits per heavy atom. The largest absolute Gasteiger partial charge is 0.480 e. The molecule has 1 saturated heterocycles. The lowest BCUT2D eigenvalue weighted by Crippen LogP contribution is -2.45. The Morgan fingerprint density at radius 3 is 2.65 bits per heavy atom. The van der Waals surface area contributed by atoms with Gasteiger partial charge in [0.2, 0.25) is 5.88 Å². The molecule has 1 aromatic carbocycles. The van der Waals surface area contributed by atoms with Gasteiger partial charge in [0.1, 0.15) is 0 Å². The molecule has 138 valence electrons. The van der Waals surface area contributed by atoms with Gasteiger partial charge in [0.25, 0.3) is 5.91 Å². The molecule has 0 saturated carbocycles. The second-order valence-corrected chi connectivity index (χ2v) is 6.06. The SMILES string of the molecule is COCCC1CN(C(=O)c2ccc(-c3ccc(OC)nn3)cc2)CCO1. The van der Waals surface area contributed by atoms with E-state index in [1.807, 2.05) is 35.2 Å². The minimum Gasteiger partial charge on any atom is -0.480 e. The standard InChI is InChI=1S/C19H23N3O4/c1-24-11-9-16-13-22(10-12-26-16)19(23)15-5-3-14(4-6-15)17-7-8-18(25-2)21-20-17/h3-8,16H,9-13H2,1-2H3. The molecule has 1 aromatic heterocycles. The van der Waals surface area contributed by atoms with Gasteiger partial charge in [-0.1, -0.05) is 12.1 Å². The molecule has 1 aliphatic rings. The van der Waals surface area contributed by atoms with Crippen LogP contribution in [-0.2, 0) is 9.47 Å². The van der Waals surface area contributed by atoms with Crippen LogP contribution in [0.2, 0.25) is 0 Å². The van der Waals surface area contributed by atoms with Crippen LogP contribution in [0.1, 0.15) is 16.8 Å². The zero-order chi connectivity index (χ0) is 18.4. The number of carbonyl (C=O) groups is 1. The van der Waals surface area contributed by atoms with E-state index in [9.17, 15) is 4.79 Å². The first-order valence-electron chi connectivity index (χ1n) is 8.59. The average Bonchev–Trinajstić information content (AvgIpc) is 2.72. The van der Waals surface area contributed by atoms with Crippen LogP contribution < -0.4 is 4.74 Å². The van der Waals surface area contributed by atoms with Crippen LogP contribution in [-0.4, -0.2) is 67.6 Å². The summed E-state index contributed by atoms with van der Waals surface area (Å²) in [5.74, 6) is 0.485. The van der Waals surface area contributed by atoms with Crippen molar-refractivity contribution in [3.63, 3.8) is 0 Å². The Kier molecular flexibility index (Phi) is 6.14. The fraction of sp³-hybridized carbons (Fsp3) is 0.421. The molecule has 3 rings (SSSR count). The molecule has 0 spiro atoms. The van der Waals surface area contributed by atoms with E-state index in [1.54, 1.807) is 20.3 Å². The highest BCUT2D eigenvalue weighted by Crippen LogP contribution is 2.20. The lowest BCUT2D eigenvalue weighted by Gasteiger charge is -2.33. The third kappa shape index (κ3) is 4.36. The van der Waals surface area contributed by atoms with Crippen molar-refractivity contribution in [2.45, 2.75) is 12.5 Å². The van der Waals surface area contributed by atoms with Crippen LogP contribution >= 0.6 is 0 Å². The molecule has 7 heteroatoms. The maximum atomic E-state index is 12.7. The molecule has 2 aromatic rings. The van der Waals surface area contributed by atoms with Crippen molar-refractivity contribution in [3.8, 4) is 17.1 Å². The van der Waals surface area contributed by atoms with E-state index < -0.39 is 0 Å². The van der Waals surface area contributed by atoms with Crippen LogP contribution in [0.15, 0.2) is 36.4 Å². The molecular weight excluding hydrogens is 334 g/mol. The molecule has 7 nitrogen and oxygen atoms in total. The summed E-state index contributed by atoms with van der Waals surface area (Å²) in [4.78, 5) is 14.6. The molecule has 1 amide bonds. The van der Waals surface area contributed by atoms with Gasteiger partial charge in [-0.2, -0.15) is 0 Å². The number of hydrogen-bond donors (Lipinski definition) is 0. The number of benzene rings is 1. The quantitative estimate of drug-likeness (QED) is 0.788. The minimum absolute atomic E-state index is 0.0167. The molecule has 0 aliphatic carbocycles. The molecule has 2 heterocycles. The number of carbonyl (C=O) groups excluding carboxylic acids is 1. The summed E-state index contributed by atoms with van der Waals surface area (Å²) in [6.07, 6.45) is 0.816. The number of hydrogen-bond acceptors (Lipinski definition) is 6. The third-order valence-corrected chi connectivity index (χ3v) is 4.35. The van der Waals surface area contributed by atoms with Crippen molar-refractivity contribution in [2.75, 3.05) is 40.5 Å². The molecule has 1 unspecified atom stereocenters. The van der Waals surface area contributed by atoms with Gasteiger partial charge in [-0.3, -0.25) is 4.79 Å².